The van der Waals surface area contributed by atoms with E-state index in [1.54, 1.807) is 25.4 Å². The number of hydrogen-bond donors (Lipinski definition) is 2. The number of rotatable bonds is 6. The predicted molar refractivity (Wildman–Crippen MR) is 124 cm³/mol. The van der Waals surface area contributed by atoms with Crippen molar-refractivity contribution in [2.45, 2.75) is 6.54 Å². The second-order valence-corrected chi connectivity index (χ2v) is 7.85. The Morgan fingerprint density at radius 3 is 2.79 bits per heavy atom. The molecule has 1 aliphatic rings. The lowest BCUT2D eigenvalue weighted by Gasteiger charge is -2.26. The van der Waals surface area contributed by atoms with Crippen molar-refractivity contribution >= 4 is 22.5 Å². The number of ether oxygens (including phenoxy) is 2. The molecule has 9 nitrogen and oxygen atoms in total. The molecule has 2 N–H and O–H groups in total. The third kappa shape index (κ3) is 4.69. The highest BCUT2D eigenvalue weighted by molar-refractivity contribution is 6.11. The van der Waals surface area contributed by atoms with Gasteiger partial charge in [-0.25, -0.2) is 4.98 Å². The first kappa shape index (κ1) is 21.0. The van der Waals surface area contributed by atoms with Gasteiger partial charge in [0.1, 0.15) is 0 Å². The monoisotopic (exact) mass is 444 g/mol. The van der Waals surface area contributed by atoms with Crippen LogP contribution in [0.15, 0.2) is 55.0 Å². The van der Waals surface area contributed by atoms with Crippen LogP contribution in [0.4, 0.5) is 5.69 Å². The molecule has 0 bridgehead atoms. The summed E-state index contributed by atoms with van der Waals surface area (Å²) in [6.07, 6.45) is 5.28. The molecule has 1 fully saturated rings. The molecule has 0 aliphatic carbocycles. The normalized spacial score (nSPS) is 14.3. The van der Waals surface area contributed by atoms with Gasteiger partial charge < -0.3 is 14.8 Å². The number of nitrogens with one attached hydrogen (secondary N) is 2. The number of carbonyl (C=O) groups is 1. The van der Waals surface area contributed by atoms with Crippen molar-refractivity contribution in [3.05, 3.63) is 66.2 Å². The average molecular weight is 444 g/mol. The maximum atomic E-state index is 12.9. The van der Waals surface area contributed by atoms with Crippen LogP contribution < -0.4 is 10.1 Å². The van der Waals surface area contributed by atoms with Crippen LogP contribution in [0.2, 0.25) is 0 Å². The quantitative estimate of drug-likeness (QED) is 0.471. The highest BCUT2D eigenvalue weighted by atomic mass is 16.5. The van der Waals surface area contributed by atoms with E-state index in [0.717, 1.165) is 60.4 Å². The van der Waals surface area contributed by atoms with Crippen LogP contribution >= 0.6 is 0 Å². The summed E-state index contributed by atoms with van der Waals surface area (Å²) in [5.74, 6) is 0.164. The smallest absolute Gasteiger partial charge is 0.276 e. The summed E-state index contributed by atoms with van der Waals surface area (Å²) in [6.45, 7) is 4.21. The molecule has 4 aromatic rings. The maximum Gasteiger partial charge on any atom is 0.276 e. The Bertz CT molecular complexity index is 1260. The van der Waals surface area contributed by atoms with E-state index in [2.05, 4.69) is 36.4 Å². The van der Waals surface area contributed by atoms with Crippen LogP contribution in [-0.2, 0) is 11.3 Å². The molecule has 0 saturated carbocycles. The standard InChI is InChI=1S/C24H24N6O3/c1-32-22-5-3-19(14-26-22)27-24(31)23-20-11-17(2-4-21(20)28-29-23)18-10-16(12-25-13-18)15-30-6-8-33-9-7-30/h2-5,10-14H,6-9,15H2,1H3,(H,27,31)(H,28,29). The summed E-state index contributed by atoms with van der Waals surface area (Å²) in [6, 6.07) is 11.5. The van der Waals surface area contributed by atoms with Crippen molar-refractivity contribution in [2.75, 3.05) is 38.7 Å². The summed E-state index contributed by atoms with van der Waals surface area (Å²) in [5.41, 5.74) is 4.78. The van der Waals surface area contributed by atoms with Gasteiger partial charge in [-0.2, -0.15) is 5.10 Å². The van der Waals surface area contributed by atoms with E-state index in [0.29, 0.717) is 17.3 Å². The number of pyridine rings is 2. The SMILES string of the molecule is COc1ccc(NC(=O)c2n[nH]c3ccc(-c4cncc(CN5CCOCC5)c4)cc23)cn1. The fourth-order valence-corrected chi connectivity index (χ4v) is 3.88. The summed E-state index contributed by atoms with van der Waals surface area (Å²) in [5, 5.41) is 10.8. The number of carbonyl (C=O) groups excluding carboxylic acids is 1. The van der Waals surface area contributed by atoms with E-state index in [-0.39, 0.29) is 5.91 Å². The van der Waals surface area contributed by atoms with Crippen molar-refractivity contribution < 1.29 is 14.3 Å². The molecule has 33 heavy (non-hydrogen) atoms. The molecule has 0 spiro atoms. The molecule has 3 aromatic heterocycles. The zero-order valence-corrected chi connectivity index (χ0v) is 18.2. The van der Waals surface area contributed by atoms with Crippen molar-refractivity contribution in [3.63, 3.8) is 0 Å². The largest absolute Gasteiger partial charge is 0.481 e. The first-order valence-corrected chi connectivity index (χ1v) is 10.7. The van der Waals surface area contributed by atoms with E-state index in [1.165, 1.54) is 0 Å². The van der Waals surface area contributed by atoms with Gasteiger partial charge in [0.05, 0.1) is 37.7 Å². The maximum absolute atomic E-state index is 12.9. The molecular formula is C24H24N6O3. The van der Waals surface area contributed by atoms with Crippen LogP contribution in [0.25, 0.3) is 22.0 Å². The van der Waals surface area contributed by atoms with Gasteiger partial charge in [-0.3, -0.25) is 19.8 Å². The number of benzene rings is 1. The Morgan fingerprint density at radius 1 is 1.12 bits per heavy atom. The Morgan fingerprint density at radius 2 is 2.00 bits per heavy atom. The molecule has 9 heteroatoms. The van der Waals surface area contributed by atoms with Gasteiger partial charge in [0, 0.05) is 49.0 Å². The second kappa shape index (κ2) is 9.35. The van der Waals surface area contributed by atoms with Gasteiger partial charge in [0.25, 0.3) is 5.91 Å². The predicted octanol–water partition coefficient (Wildman–Crippen LogP) is 3.11. The second-order valence-electron chi connectivity index (χ2n) is 7.85. The zero-order chi connectivity index (χ0) is 22.6. The highest BCUT2D eigenvalue weighted by Crippen LogP contribution is 2.26. The number of H-pyrrole nitrogens is 1. The van der Waals surface area contributed by atoms with Crippen molar-refractivity contribution in [1.29, 1.82) is 0 Å². The Hall–Kier alpha value is -3.82. The first-order chi connectivity index (χ1) is 16.2. The van der Waals surface area contributed by atoms with Gasteiger partial charge in [-0.15, -0.1) is 0 Å². The highest BCUT2D eigenvalue weighted by Gasteiger charge is 2.16. The number of amides is 1. The van der Waals surface area contributed by atoms with Gasteiger partial charge >= 0.3 is 0 Å². The van der Waals surface area contributed by atoms with Crippen molar-refractivity contribution in [3.8, 4) is 17.0 Å². The molecule has 1 amide bonds. The minimum atomic E-state index is -0.315. The average Bonchev–Trinajstić information content (AvgIpc) is 3.29. The lowest BCUT2D eigenvalue weighted by Crippen LogP contribution is -2.35. The van der Waals surface area contributed by atoms with Crippen LogP contribution in [-0.4, -0.2) is 64.4 Å². The third-order valence-electron chi connectivity index (χ3n) is 5.62. The topological polar surface area (TPSA) is 105 Å². The van der Waals surface area contributed by atoms with Crippen LogP contribution in [0, 0.1) is 0 Å². The molecule has 0 radical (unpaired) electrons. The fourth-order valence-electron chi connectivity index (χ4n) is 3.88. The summed E-state index contributed by atoms with van der Waals surface area (Å²) >= 11 is 0. The van der Waals surface area contributed by atoms with Crippen molar-refractivity contribution in [1.82, 2.24) is 25.1 Å². The molecular weight excluding hydrogens is 420 g/mol. The molecule has 0 unspecified atom stereocenters. The van der Waals surface area contributed by atoms with Crippen LogP contribution in [0.5, 0.6) is 5.88 Å². The Labute approximate surface area is 190 Å². The van der Waals surface area contributed by atoms with E-state index in [1.807, 2.05) is 30.6 Å². The van der Waals surface area contributed by atoms with Gasteiger partial charge in [0.15, 0.2) is 5.69 Å². The Kier molecular flexibility index (Phi) is 5.97. The first-order valence-electron chi connectivity index (χ1n) is 10.7. The minimum Gasteiger partial charge on any atom is -0.481 e. The number of methoxy groups -OCH3 is 1. The summed E-state index contributed by atoms with van der Waals surface area (Å²) in [7, 11) is 1.54. The summed E-state index contributed by atoms with van der Waals surface area (Å²) < 4.78 is 10.5. The van der Waals surface area contributed by atoms with E-state index >= 15 is 0 Å². The summed E-state index contributed by atoms with van der Waals surface area (Å²) in [4.78, 5) is 23.8. The van der Waals surface area contributed by atoms with Crippen molar-refractivity contribution in [2.24, 2.45) is 0 Å². The van der Waals surface area contributed by atoms with E-state index < -0.39 is 0 Å². The number of aromatic nitrogens is 4. The number of fused-ring (bicyclic) bond motifs is 1. The molecule has 4 heterocycles. The molecule has 5 rings (SSSR count). The number of anilines is 1. The minimum absolute atomic E-state index is 0.315. The fraction of sp³-hybridized carbons (Fsp3) is 0.250. The van der Waals surface area contributed by atoms with Gasteiger partial charge in [-0.1, -0.05) is 6.07 Å². The van der Waals surface area contributed by atoms with E-state index in [4.69, 9.17) is 9.47 Å². The number of aromatic amines is 1. The van der Waals surface area contributed by atoms with Crippen LogP contribution in [0.1, 0.15) is 16.1 Å². The number of nitrogens with zero attached hydrogens (tertiary/aromatic N) is 4. The molecule has 1 aromatic carbocycles. The molecule has 1 saturated heterocycles. The Balaban J connectivity index is 1.38. The molecule has 168 valence electrons. The molecule has 1 aliphatic heterocycles. The zero-order valence-electron chi connectivity index (χ0n) is 18.2. The van der Waals surface area contributed by atoms with Gasteiger partial charge in [-0.05, 0) is 35.4 Å². The lowest BCUT2D eigenvalue weighted by atomic mass is 10.0. The molecule has 0 atom stereocenters. The number of morpholine rings is 1. The van der Waals surface area contributed by atoms with Crippen LogP contribution in [0.3, 0.4) is 0 Å². The van der Waals surface area contributed by atoms with Gasteiger partial charge in [0.2, 0.25) is 5.88 Å². The third-order valence-corrected chi connectivity index (χ3v) is 5.62. The number of hydrogen-bond acceptors (Lipinski definition) is 7. The lowest BCUT2D eigenvalue weighted by molar-refractivity contribution is 0.0341. The van der Waals surface area contributed by atoms with E-state index in [9.17, 15) is 4.79 Å².